The van der Waals surface area contributed by atoms with Crippen molar-refractivity contribution in [3.63, 3.8) is 0 Å². The topological polar surface area (TPSA) is 29.1 Å². The second-order valence-corrected chi connectivity index (χ2v) is 3.71. The minimum Gasteiger partial charge on any atom is -0.346 e. The van der Waals surface area contributed by atoms with Crippen LogP contribution in [0.3, 0.4) is 0 Å². The van der Waals surface area contributed by atoms with Gasteiger partial charge in [-0.05, 0) is 30.7 Å². The van der Waals surface area contributed by atoms with E-state index in [1.165, 1.54) is 6.92 Å². The summed E-state index contributed by atoms with van der Waals surface area (Å²) >= 11 is 0. The van der Waals surface area contributed by atoms with Gasteiger partial charge in [-0.1, -0.05) is 0 Å². The average Bonchev–Trinajstić information content (AvgIpc) is 2.29. The molecule has 0 aromatic heterocycles. The Balaban J connectivity index is 2.69. The largest absolute Gasteiger partial charge is 0.346 e. The maximum Gasteiger partial charge on any atom is 0.324 e. The molecule has 0 aliphatic rings. The molecule has 2 nitrogen and oxygen atoms in total. The quantitative estimate of drug-likeness (QED) is 0.835. The van der Waals surface area contributed by atoms with E-state index in [2.05, 4.69) is 0 Å². The molecule has 0 aliphatic carbocycles. The lowest BCUT2D eigenvalue weighted by Crippen LogP contribution is -2.41. The summed E-state index contributed by atoms with van der Waals surface area (Å²) in [4.78, 5) is 11.4. The van der Waals surface area contributed by atoms with Crippen molar-refractivity contribution in [3.8, 4) is 0 Å². The number of carbonyl (C=O) groups is 1. The zero-order valence-electron chi connectivity index (χ0n) is 9.31. The van der Waals surface area contributed by atoms with Gasteiger partial charge in [-0.15, -0.1) is 0 Å². The van der Waals surface area contributed by atoms with Crippen molar-refractivity contribution >= 4 is 5.91 Å². The van der Waals surface area contributed by atoms with E-state index < -0.39 is 30.6 Å². The second-order valence-electron chi connectivity index (χ2n) is 3.71. The molecule has 1 amide bonds. The van der Waals surface area contributed by atoms with Gasteiger partial charge in [0.1, 0.15) is 5.82 Å². The van der Waals surface area contributed by atoms with Gasteiger partial charge in [0.05, 0.1) is 6.54 Å². The van der Waals surface area contributed by atoms with E-state index in [1.54, 1.807) is 5.32 Å². The molecular weight excluding hydrogens is 257 g/mol. The van der Waals surface area contributed by atoms with Crippen molar-refractivity contribution in [2.24, 2.45) is 0 Å². The first-order valence-electron chi connectivity index (χ1n) is 4.94. The first kappa shape index (κ1) is 14.4. The lowest BCUT2D eigenvalue weighted by Gasteiger charge is -2.15. The summed E-state index contributed by atoms with van der Waals surface area (Å²) < 4.78 is 61.6. The fraction of sp³-hybridized carbons (Fsp3) is 0.364. The number of halogens is 5. The molecule has 0 bridgehead atoms. The highest BCUT2D eigenvalue weighted by atomic mass is 19.3. The van der Waals surface area contributed by atoms with Gasteiger partial charge in [0.25, 0.3) is 5.91 Å². The van der Waals surface area contributed by atoms with Crippen molar-refractivity contribution in [1.29, 1.82) is 0 Å². The molecule has 0 aliphatic heterocycles. The smallest absolute Gasteiger partial charge is 0.324 e. The molecule has 0 heterocycles. The third-order valence-corrected chi connectivity index (χ3v) is 2.22. The number of alkyl halides is 4. The van der Waals surface area contributed by atoms with Gasteiger partial charge >= 0.3 is 12.3 Å². The molecule has 1 rings (SSSR count). The summed E-state index contributed by atoms with van der Waals surface area (Å²) in [5, 5.41) is 1.68. The fourth-order valence-electron chi connectivity index (χ4n) is 1.16. The summed E-state index contributed by atoms with van der Waals surface area (Å²) in [6, 6.07) is 3.22. The van der Waals surface area contributed by atoms with Crippen molar-refractivity contribution in [2.75, 3.05) is 6.54 Å². The van der Waals surface area contributed by atoms with Crippen molar-refractivity contribution in [1.82, 2.24) is 5.32 Å². The van der Waals surface area contributed by atoms with Crippen LogP contribution in [-0.2, 0) is 0 Å². The van der Waals surface area contributed by atoms with Crippen molar-refractivity contribution in [3.05, 3.63) is 35.1 Å². The molecular formula is C11H10F5NO. The molecule has 0 unspecified atom stereocenters. The molecule has 0 saturated carbocycles. The predicted molar refractivity (Wildman–Crippen MR) is 54.4 cm³/mol. The van der Waals surface area contributed by atoms with E-state index in [-0.39, 0.29) is 11.1 Å². The van der Waals surface area contributed by atoms with Crippen LogP contribution in [-0.4, -0.2) is 24.8 Å². The van der Waals surface area contributed by atoms with Crippen LogP contribution in [0.25, 0.3) is 0 Å². The summed E-state index contributed by atoms with van der Waals surface area (Å²) in [7, 11) is 0. The van der Waals surface area contributed by atoms with Gasteiger partial charge in [0.15, 0.2) is 0 Å². The van der Waals surface area contributed by atoms with Gasteiger partial charge < -0.3 is 5.32 Å². The van der Waals surface area contributed by atoms with E-state index in [1.807, 2.05) is 0 Å². The van der Waals surface area contributed by atoms with Crippen LogP contribution in [0, 0.1) is 12.7 Å². The Kier molecular flexibility index (Phi) is 4.26. The van der Waals surface area contributed by atoms with Gasteiger partial charge in [-0.25, -0.2) is 13.2 Å². The summed E-state index contributed by atoms with van der Waals surface area (Å²) in [5.74, 6) is -5.80. The summed E-state index contributed by atoms with van der Waals surface area (Å²) in [5.41, 5.74) is 0.0854. The first-order valence-corrected chi connectivity index (χ1v) is 4.94. The highest BCUT2D eigenvalue weighted by Gasteiger charge is 2.40. The SMILES string of the molecule is Cc1cc(C(=O)NCC(F)(F)C(F)F)ccc1F. The fourth-order valence-corrected chi connectivity index (χ4v) is 1.16. The van der Waals surface area contributed by atoms with E-state index >= 15 is 0 Å². The Bertz CT molecular complexity index is 447. The Morgan fingerprint density at radius 1 is 1.39 bits per heavy atom. The Labute approximate surface area is 99.8 Å². The monoisotopic (exact) mass is 267 g/mol. The van der Waals surface area contributed by atoms with Crippen LogP contribution in [0.1, 0.15) is 15.9 Å². The van der Waals surface area contributed by atoms with Gasteiger partial charge in [0.2, 0.25) is 0 Å². The number of nitrogens with one attached hydrogen (secondary N) is 1. The van der Waals surface area contributed by atoms with Gasteiger partial charge in [-0.3, -0.25) is 4.79 Å². The molecule has 0 saturated heterocycles. The number of aryl methyl sites for hydroxylation is 1. The highest BCUT2D eigenvalue weighted by molar-refractivity contribution is 5.94. The lowest BCUT2D eigenvalue weighted by molar-refractivity contribution is -0.123. The Morgan fingerprint density at radius 3 is 2.50 bits per heavy atom. The minimum atomic E-state index is -4.29. The maximum absolute atomic E-state index is 12.9. The third kappa shape index (κ3) is 3.41. The van der Waals surface area contributed by atoms with E-state index in [4.69, 9.17) is 0 Å². The van der Waals surface area contributed by atoms with Crippen LogP contribution < -0.4 is 5.32 Å². The Hall–Kier alpha value is -1.66. The van der Waals surface area contributed by atoms with Gasteiger partial charge in [-0.2, -0.15) is 8.78 Å². The lowest BCUT2D eigenvalue weighted by atomic mass is 10.1. The highest BCUT2D eigenvalue weighted by Crippen LogP contribution is 2.21. The number of carbonyl (C=O) groups excluding carboxylic acids is 1. The predicted octanol–water partition coefficient (Wildman–Crippen LogP) is 2.76. The average molecular weight is 267 g/mol. The summed E-state index contributed by atoms with van der Waals surface area (Å²) in [6.07, 6.45) is -3.85. The molecule has 0 spiro atoms. The standard InChI is InChI=1S/C11H10F5NO/c1-6-4-7(2-3-8(6)12)9(18)17-5-11(15,16)10(13)14/h2-4,10H,5H2,1H3,(H,17,18). The molecule has 1 aromatic rings. The van der Waals surface area contributed by atoms with E-state index in [0.717, 1.165) is 18.2 Å². The number of amides is 1. The van der Waals surface area contributed by atoms with Crippen LogP contribution in [0.4, 0.5) is 22.0 Å². The number of rotatable bonds is 4. The third-order valence-electron chi connectivity index (χ3n) is 2.22. The van der Waals surface area contributed by atoms with Crippen LogP contribution >= 0.6 is 0 Å². The second kappa shape index (κ2) is 5.32. The zero-order chi connectivity index (χ0) is 13.9. The van der Waals surface area contributed by atoms with Crippen molar-refractivity contribution in [2.45, 2.75) is 19.3 Å². The molecule has 0 fully saturated rings. The first-order chi connectivity index (χ1) is 8.24. The normalized spacial score (nSPS) is 11.7. The molecule has 0 radical (unpaired) electrons. The van der Waals surface area contributed by atoms with Crippen LogP contribution in [0.5, 0.6) is 0 Å². The van der Waals surface area contributed by atoms with Crippen LogP contribution in [0.15, 0.2) is 18.2 Å². The molecule has 1 aromatic carbocycles. The molecule has 100 valence electrons. The minimum absolute atomic E-state index is 0.0704. The molecule has 18 heavy (non-hydrogen) atoms. The number of hydrogen-bond donors (Lipinski definition) is 1. The van der Waals surface area contributed by atoms with Gasteiger partial charge in [0, 0.05) is 5.56 Å². The number of hydrogen-bond acceptors (Lipinski definition) is 1. The maximum atomic E-state index is 12.9. The summed E-state index contributed by atoms with van der Waals surface area (Å²) in [6.45, 7) is -0.0835. The molecule has 7 heteroatoms. The number of benzene rings is 1. The van der Waals surface area contributed by atoms with E-state index in [9.17, 15) is 26.7 Å². The Morgan fingerprint density at radius 2 is 2.00 bits per heavy atom. The van der Waals surface area contributed by atoms with Crippen LogP contribution in [0.2, 0.25) is 0 Å². The van der Waals surface area contributed by atoms with Crippen molar-refractivity contribution < 1.29 is 26.7 Å². The zero-order valence-corrected chi connectivity index (χ0v) is 9.31. The molecule has 0 atom stereocenters. The molecule has 1 N–H and O–H groups in total. The van der Waals surface area contributed by atoms with E-state index in [0.29, 0.717) is 0 Å².